The van der Waals surface area contributed by atoms with Gasteiger partial charge in [-0.1, -0.05) is 12.5 Å². The van der Waals surface area contributed by atoms with Gasteiger partial charge >= 0.3 is 5.69 Å². The number of phenolic OH excluding ortho intramolecular Hbond substituents is 1. The standard InChI is InChI=1S/C14H17N3O3/c18-11-6-3-5-10-12(11)13(19)17(14(20)16-10)9-4-1-2-7-15-8-9/h3,5-6,9,15,18H,1-2,4,7-8H2,(H,16,20). The number of nitrogens with zero attached hydrogens (tertiary/aromatic N) is 1. The van der Waals surface area contributed by atoms with E-state index in [0.29, 0.717) is 12.1 Å². The highest BCUT2D eigenvalue weighted by molar-refractivity contribution is 5.83. The van der Waals surface area contributed by atoms with Crippen LogP contribution in [0.5, 0.6) is 5.75 Å². The number of aromatic nitrogens is 2. The number of H-pyrrole nitrogens is 1. The third kappa shape index (κ3) is 2.12. The monoisotopic (exact) mass is 275 g/mol. The van der Waals surface area contributed by atoms with Gasteiger partial charge in [-0.2, -0.15) is 0 Å². The molecule has 6 nitrogen and oxygen atoms in total. The van der Waals surface area contributed by atoms with Gasteiger partial charge in [-0.3, -0.25) is 9.36 Å². The van der Waals surface area contributed by atoms with E-state index >= 15 is 0 Å². The topological polar surface area (TPSA) is 87.1 Å². The molecule has 6 heteroatoms. The molecule has 1 aromatic heterocycles. The van der Waals surface area contributed by atoms with Crippen LogP contribution in [0.4, 0.5) is 0 Å². The van der Waals surface area contributed by atoms with Crippen molar-refractivity contribution in [2.45, 2.75) is 25.3 Å². The van der Waals surface area contributed by atoms with Gasteiger partial charge in [-0.15, -0.1) is 0 Å². The Morgan fingerprint density at radius 2 is 2.10 bits per heavy atom. The second-order valence-electron chi connectivity index (χ2n) is 5.16. The number of fused-ring (bicyclic) bond motifs is 1. The van der Waals surface area contributed by atoms with Gasteiger partial charge in [0.25, 0.3) is 5.56 Å². The van der Waals surface area contributed by atoms with Gasteiger partial charge in [-0.25, -0.2) is 4.79 Å². The van der Waals surface area contributed by atoms with E-state index in [9.17, 15) is 14.7 Å². The van der Waals surface area contributed by atoms with Gasteiger partial charge in [-0.05, 0) is 31.5 Å². The van der Waals surface area contributed by atoms with Crippen molar-refractivity contribution in [3.63, 3.8) is 0 Å². The van der Waals surface area contributed by atoms with Gasteiger partial charge in [0.2, 0.25) is 0 Å². The van der Waals surface area contributed by atoms with Crippen LogP contribution >= 0.6 is 0 Å². The van der Waals surface area contributed by atoms with E-state index in [4.69, 9.17) is 0 Å². The first-order valence-corrected chi connectivity index (χ1v) is 6.85. The zero-order valence-electron chi connectivity index (χ0n) is 11.1. The highest BCUT2D eigenvalue weighted by Crippen LogP contribution is 2.19. The Kier molecular flexibility index (Phi) is 3.31. The lowest BCUT2D eigenvalue weighted by molar-refractivity contribution is 0.432. The van der Waals surface area contributed by atoms with Gasteiger partial charge < -0.3 is 15.4 Å². The van der Waals surface area contributed by atoms with Gasteiger partial charge in [0.1, 0.15) is 11.1 Å². The number of hydrogen-bond acceptors (Lipinski definition) is 4. The Morgan fingerprint density at radius 3 is 2.95 bits per heavy atom. The smallest absolute Gasteiger partial charge is 0.329 e. The molecule has 0 bridgehead atoms. The molecular formula is C14H17N3O3. The Hall–Kier alpha value is -2.08. The molecule has 2 aromatic rings. The first-order valence-electron chi connectivity index (χ1n) is 6.85. The van der Waals surface area contributed by atoms with Crippen LogP contribution in [0.15, 0.2) is 27.8 Å². The maximum atomic E-state index is 12.5. The van der Waals surface area contributed by atoms with E-state index in [0.717, 1.165) is 25.8 Å². The summed E-state index contributed by atoms with van der Waals surface area (Å²) in [6.07, 6.45) is 2.80. The molecule has 2 heterocycles. The lowest BCUT2D eigenvalue weighted by Crippen LogP contribution is -2.41. The fraction of sp³-hybridized carbons (Fsp3) is 0.429. The maximum absolute atomic E-state index is 12.5. The maximum Gasteiger partial charge on any atom is 0.329 e. The Morgan fingerprint density at radius 1 is 1.25 bits per heavy atom. The molecule has 20 heavy (non-hydrogen) atoms. The van der Waals surface area contributed by atoms with Crippen molar-refractivity contribution in [3.05, 3.63) is 39.0 Å². The lowest BCUT2D eigenvalue weighted by Gasteiger charge is -2.17. The number of rotatable bonds is 1. The molecule has 1 fully saturated rings. The molecular weight excluding hydrogens is 258 g/mol. The van der Waals surface area contributed by atoms with Crippen molar-refractivity contribution in [2.75, 3.05) is 13.1 Å². The summed E-state index contributed by atoms with van der Waals surface area (Å²) in [6.45, 7) is 1.50. The highest BCUT2D eigenvalue weighted by atomic mass is 16.3. The Labute approximate surface area is 115 Å². The first-order chi connectivity index (χ1) is 9.68. The molecule has 0 spiro atoms. The van der Waals surface area contributed by atoms with Gasteiger partial charge in [0.05, 0.1) is 11.6 Å². The molecule has 0 saturated carbocycles. The minimum atomic E-state index is -0.421. The molecule has 3 rings (SSSR count). The molecule has 1 unspecified atom stereocenters. The first kappa shape index (κ1) is 12.9. The van der Waals surface area contributed by atoms with E-state index in [1.807, 2.05) is 0 Å². The number of phenols is 1. The second kappa shape index (κ2) is 5.13. The third-order valence-electron chi connectivity index (χ3n) is 3.82. The zero-order valence-corrected chi connectivity index (χ0v) is 11.1. The summed E-state index contributed by atoms with van der Waals surface area (Å²) in [4.78, 5) is 27.4. The molecule has 0 amide bonds. The van der Waals surface area contributed by atoms with Crippen LogP contribution in [0.3, 0.4) is 0 Å². The normalized spacial score (nSPS) is 19.9. The SMILES string of the molecule is O=c1[nH]c2cccc(O)c2c(=O)n1C1CCCCNC1. The van der Waals surface area contributed by atoms with E-state index in [1.54, 1.807) is 12.1 Å². The number of aromatic hydroxyl groups is 1. The number of benzene rings is 1. The van der Waals surface area contributed by atoms with Crippen molar-refractivity contribution >= 4 is 10.9 Å². The minimum absolute atomic E-state index is 0.0981. The van der Waals surface area contributed by atoms with E-state index in [1.165, 1.54) is 10.6 Å². The predicted molar refractivity (Wildman–Crippen MR) is 76.3 cm³/mol. The molecule has 3 N–H and O–H groups in total. The van der Waals surface area contributed by atoms with Crippen LogP contribution < -0.4 is 16.6 Å². The van der Waals surface area contributed by atoms with E-state index < -0.39 is 11.2 Å². The zero-order chi connectivity index (χ0) is 14.1. The molecule has 0 aliphatic carbocycles. The molecule has 106 valence electrons. The van der Waals surface area contributed by atoms with Crippen molar-refractivity contribution in [2.24, 2.45) is 0 Å². The van der Waals surface area contributed by atoms with Crippen molar-refractivity contribution in [1.29, 1.82) is 0 Å². The quantitative estimate of drug-likeness (QED) is 0.715. The second-order valence-corrected chi connectivity index (χ2v) is 5.16. The van der Waals surface area contributed by atoms with Crippen molar-refractivity contribution < 1.29 is 5.11 Å². The summed E-state index contributed by atoms with van der Waals surface area (Å²) in [5.74, 6) is -0.0981. The van der Waals surface area contributed by atoms with Crippen LogP contribution in [0.2, 0.25) is 0 Å². The molecule has 1 aromatic carbocycles. The van der Waals surface area contributed by atoms with Crippen LogP contribution in [-0.2, 0) is 0 Å². The highest BCUT2D eigenvalue weighted by Gasteiger charge is 2.20. The third-order valence-corrected chi connectivity index (χ3v) is 3.82. The van der Waals surface area contributed by atoms with Crippen LogP contribution in [0.25, 0.3) is 10.9 Å². The number of nitrogens with one attached hydrogen (secondary N) is 2. The fourth-order valence-electron chi connectivity index (χ4n) is 2.81. The molecule has 1 saturated heterocycles. The average molecular weight is 275 g/mol. The summed E-state index contributed by atoms with van der Waals surface area (Å²) < 4.78 is 1.24. The summed E-state index contributed by atoms with van der Waals surface area (Å²) in [7, 11) is 0. The molecule has 0 radical (unpaired) electrons. The minimum Gasteiger partial charge on any atom is -0.507 e. The fourth-order valence-corrected chi connectivity index (χ4v) is 2.81. The summed E-state index contributed by atoms with van der Waals surface area (Å²) in [5.41, 5.74) is -0.463. The summed E-state index contributed by atoms with van der Waals surface area (Å²) in [6, 6.07) is 4.51. The van der Waals surface area contributed by atoms with Crippen LogP contribution in [-0.4, -0.2) is 27.7 Å². The Balaban J connectivity index is 2.22. The van der Waals surface area contributed by atoms with Crippen molar-refractivity contribution in [1.82, 2.24) is 14.9 Å². The van der Waals surface area contributed by atoms with Crippen molar-refractivity contribution in [3.8, 4) is 5.75 Å². The average Bonchev–Trinajstić information content (AvgIpc) is 2.67. The van der Waals surface area contributed by atoms with Crippen LogP contribution in [0, 0.1) is 0 Å². The number of hydrogen-bond donors (Lipinski definition) is 3. The number of aromatic amines is 1. The van der Waals surface area contributed by atoms with Gasteiger partial charge in [0.15, 0.2) is 0 Å². The van der Waals surface area contributed by atoms with Gasteiger partial charge in [0, 0.05) is 6.54 Å². The molecule has 1 atom stereocenters. The summed E-state index contributed by atoms with van der Waals surface area (Å²) in [5, 5.41) is 13.3. The predicted octanol–water partition coefficient (Wildman–Crippen LogP) is 0.710. The Bertz CT molecular complexity index is 739. The van der Waals surface area contributed by atoms with E-state index in [2.05, 4.69) is 10.3 Å². The lowest BCUT2D eigenvalue weighted by atomic mass is 10.1. The van der Waals surface area contributed by atoms with Crippen LogP contribution in [0.1, 0.15) is 25.3 Å². The van der Waals surface area contributed by atoms with E-state index in [-0.39, 0.29) is 17.2 Å². The molecule has 1 aliphatic rings. The molecule has 1 aliphatic heterocycles. The largest absolute Gasteiger partial charge is 0.507 e. The summed E-state index contributed by atoms with van der Waals surface area (Å²) >= 11 is 0.